The van der Waals surface area contributed by atoms with Gasteiger partial charge < -0.3 is 5.73 Å². The summed E-state index contributed by atoms with van der Waals surface area (Å²) in [7, 11) is 0. The summed E-state index contributed by atoms with van der Waals surface area (Å²) in [4.78, 5) is 13.3. The molecule has 4 aromatic rings. The van der Waals surface area contributed by atoms with Crippen LogP contribution in [0.3, 0.4) is 0 Å². The largest absolute Gasteiger partial charge is 0.399 e. The van der Waals surface area contributed by atoms with E-state index in [1.165, 1.54) is 0 Å². The molecule has 25 heavy (non-hydrogen) atoms. The summed E-state index contributed by atoms with van der Waals surface area (Å²) in [6.07, 6.45) is 0.488. The molecule has 0 saturated carbocycles. The molecule has 0 aliphatic heterocycles. The molecule has 2 heterocycles. The number of hydrogen-bond acceptors (Lipinski definition) is 7. The van der Waals surface area contributed by atoms with E-state index in [2.05, 4.69) is 25.7 Å². The molecule has 0 spiro atoms. The van der Waals surface area contributed by atoms with Crippen molar-refractivity contribution in [2.75, 3.05) is 5.73 Å². The van der Waals surface area contributed by atoms with Crippen molar-refractivity contribution in [2.45, 2.75) is 13.0 Å². The fourth-order valence-corrected chi connectivity index (χ4v) is 2.46. The summed E-state index contributed by atoms with van der Waals surface area (Å²) >= 11 is 0. The number of tetrazole rings is 1. The normalized spacial score (nSPS) is 11.0. The molecular weight excluding hydrogens is 320 g/mol. The summed E-state index contributed by atoms with van der Waals surface area (Å²) in [6.45, 7) is 0.544. The average molecular weight is 334 g/mol. The van der Waals surface area contributed by atoms with Gasteiger partial charge in [-0.3, -0.25) is 4.79 Å². The lowest BCUT2D eigenvalue weighted by atomic mass is 10.2. The number of nitrogens with two attached hydrogens (primary N) is 1. The number of rotatable bonds is 4. The van der Waals surface area contributed by atoms with Gasteiger partial charge in [0.25, 0.3) is 5.91 Å². The Hall–Kier alpha value is -3.62. The lowest BCUT2D eigenvalue weighted by Crippen LogP contribution is -2.15. The maximum atomic E-state index is 12.3. The number of aromatic nitrogens is 7. The number of carbonyl (C=O) groups excluding carboxylic acids is 1. The number of fused-ring (bicyclic) bond motifs is 1. The van der Waals surface area contributed by atoms with Crippen LogP contribution in [0, 0.1) is 0 Å². The second kappa shape index (κ2) is 6.11. The zero-order valence-corrected chi connectivity index (χ0v) is 13.1. The Balaban J connectivity index is 1.48. The molecule has 0 aliphatic carbocycles. The number of hydrogen-bond donors (Lipinski definition) is 1. The van der Waals surface area contributed by atoms with Crippen LogP contribution in [-0.4, -0.2) is 41.1 Å². The third kappa shape index (κ3) is 2.94. The van der Waals surface area contributed by atoms with E-state index < -0.39 is 0 Å². The highest BCUT2D eigenvalue weighted by molar-refractivity contribution is 5.94. The van der Waals surface area contributed by atoms with Crippen molar-refractivity contribution in [3.05, 3.63) is 59.9 Å². The number of nitrogen functional groups attached to an aromatic ring is 1. The van der Waals surface area contributed by atoms with Gasteiger partial charge >= 0.3 is 0 Å². The van der Waals surface area contributed by atoms with E-state index in [1.807, 2.05) is 24.3 Å². The summed E-state index contributed by atoms with van der Waals surface area (Å²) in [6, 6.07) is 14.3. The van der Waals surface area contributed by atoms with Crippen molar-refractivity contribution in [2.24, 2.45) is 0 Å². The van der Waals surface area contributed by atoms with E-state index in [4.69, 9.17) is 5.73 Å². The van der Waals surface area contributed by atoms with Gasteiger partial charge in [-0.25, -0.2) is 4.68 Å². The van der Waals surface area contributed by atoms with Gasteiger partial charge in [0.1, 0.15) is 5.52 Å². The zero-order chi connectivity index (χ0) is 17.2. The number of nitrogens with zero attached hydrogens (tertiary/aromatic N) is 7. The molecule has 2 aromatic heterocycles. The molecule has 0 unspecified atom stereocenters. The Morgan fingerprint density at radius 3 is 2.64 bits per heavy atom. The molecule has 0 fully saturated rings. The molecule has 9 heteroatoms. The van der Waals surface area contributed by atoms with Crippen LogP contribution in [0.2, 0.25) is 0 Å². The van der Waals surface area contributed by atoms with E-state index in [1.54, 1.807) is 28.9 Å². The lowest BCUT2D eigenvalue weighted by molar-refractivity contribution is 0.0925. The molecule has 0 saturated heterocycles. The SMILES string of the molecule is Nc1ccc(C(=O)n2nnc(CCn3nnc4ccccc43)n2)cc1. The van der Waals surface area contributed by atoms with Crippen LogP contribution in [0.1, 0.15) is 16.2 Å². The predicted molar refractivity (Wildman–Crippen MR) is 89.6 cm³/mol. The minimum atomic E-state index is -0.357. The van der Waals surface area contributed by atoms with Crippen molar-refractivity contribution in [3.63, 3.8) is 0 Å². The highest BCUT2D eigenvalue weighted by Gasteiger charge is 2.13. The average Bonchev–Trinajstić information content (AvgIpc) is 3.27. The van der Waals surface area contributed by atoms with Crippen LogP contribution in [0.4, 0.5) is 5.69 Å². The number of para-hydroxylation sites is 1. The third-order valence-corrected chi connectivity index (χ3v) is 3.76. The third-order valence-electron chi connectivity index (χ3n) is 3.76. The Labute approximate surface area is 142 Å². The Morgan fingerprint density at radius 1 is 1.00 bits per heavy atom. The number of benzene rings is 2. The van der Waals surface area contributed by atoms with Crippen LogP contribution >= 0.6 is 0 Å². The summed E-state index contributed by atoms with van der Waals surface area (Å²) in [5.74, 6) is 0.105. The van der Waals surface area contributed by atoms with Gasteiger partial charge in [-0.1, -0.05) is 22.1 Å². The highest BCUT2D eigenvalue weighted by atomic mass is 16.2. The summed E-state index contributed by atoms with van der Waals surface area (Å²) < 4.78 is 1.78. The molecular formula is C16H14N8O. The van der Waals surface area contributed by atoms with Crippen molar-refractivity contribution >= 4 is 22.6 Å². The van der Waals surface area contributed by atoms with E-state index >= 15 is 0 Å². The van der Waals surface area contributed by atoms with E-state index in [-0.39, 0.29) is 5.91 Å². The molecule has 4 rings (SSSR count). The van der Waals surface area contributed by atoms with Crippen LogP contribution in [0.15, 0.2) is 48.5 Å². The summed E-state index contributed by atoms with van der Waals surface area (Å²) in [5, 5.41) is 20.1. The first-order chi connectivity index (χ1) is 12.2. The quantitative estimate of drug-likeness (QED) is 0.552. The second-order valence-corrected chi connectivity index (χ2v) is 5.47. The molecule has 2 N–H and O–H groups in total. The van der Waals surface area contributed by atoms with Crippen molar-refractivity contribution in [1.29, 1.82) is 0 Å². The van der Waals surface area contributed by atoms with Crippen molar-refractivity contribution < 1.29 is 4.79 Å². The zero-order valence-electron chi connectivity index (χ0n) is 13.1. The Morgan fingerprint density at radius 2 is 1.80 bits per heavy atom. The molecule has 124 valence electrons. The van der Waals surface area contributed by atoms with Crippen LogP contribution in [0.5, 0.6) is 0 Å². The number of anilines is 1. The van der Waals surface area contributed by atoms with E-state index in [0.717, 1.165) is 15.8 Å². The molecule has 0 radical (unpaired) electrons. The maximum Gasteiger partial charge on any atom is 0.297 e. The smallest absolute Gasteiger partial charge is 0.297 e. The highest BCUT2D eigenvalue weighted by Crippen LogP contribution is 2.10. The molecule has 0 amide bonds. The van der Waals surface area contributed by atoms with E-state index in [9.17, 15) is 4.79 Å². The minimum Gasteiger partial charge on any atom is -0.399 e. The number of aryl methyl sites for hydroxylation is 2. The molecule has 2 aromatic carbocycles. The van der Waals surface area contributed by atoms with Gasteiger partial charge in [-0.15, -0.1) is 15.3 Å². The lowest BCUT2D eigenvalue weighted by Gasteiger charge is -1.99. The summed E-state index contributed by atoms with van der Waals surface area (Å²) in [5.41, 5.74) is 8.42. The van der Waals surface area contributed by atoms with Gasteiger partial charge in [0.05, 0.1) is 12.1 Å². The maximum absolute atomic E-state index is 12.3. The van der Waals surface area contributed by atoms with Gasteiger partial charge in [-0.2, -0.15) is 0 Å². The van der Waals surface area contributed by atoms with Gasteiger partial charge in [0, 0.05) is 17.7 Å². The van der Waals surface area contributed by atoms with Crippen LogP contribution in [0.25, 0.3) is 11.0 Å². The van der Waals surface area contributed by atoms with Crippen molar-refractivity contribution in [3.8, 4) is 0 Å². The molecule has 0 atom stereocenters. The van der Waals surface area contributed by atoms with E-state index in [0.29, 0.717) is 30.0 Å². The number of carbonyl (C=O) groups is 1. The molecule has 0 aliphatic rings. The predicted octanol–water partition coefficient (Wildman–Crippen LogP) is 0.931. The first-order valence-electron chi connectivity index (χ1n) is 7.68. The van der Waals surface area contributed by atoms with Crippen LogP contribution < -0.4 is 5.73 Å². The fraction of sp³-hybridized carbons (Fsp3) is 0.125. The monoisotopic (exact) mass is 334 g/mol. The van der Waals surface area contributed by atoms with Gasteiger partial charge in [0.15, 0.2) is 5.82 Å². The minimum absolute atomic E-state index is 0.357. The van der Waals surface area contributed by atoms with Gasteiger partial charge in [0.2, 0.25) is 0 Å². The molecule has 9 nitrogen and oxygen atoms in total. The molecule has 0 bridgehead atoms. The van der Waals surface area contributed by atoms with Crippen LogP contribution in [-0.2, 0) is 13.0 Å². The first-order valence-corrected chi connectivity index (χ1v) is 7.68. The topological polar surface area (TPSA) is 117 Å². The Kier molecular flexibility index (Phi) is 3.65. The second-order valence-electron chi connectivity index (χ2n) is 5.47. The standard InChI is InChI=1S/C16H14N8O/c17-12-7-5-11(6-8-12)16(25)24-20-15(19-22-24)9-10-23-14-4-2-1-3-13(14)18-21-23/h1-8H,9-10,17H2. The fourth-order valence-electron chi connectivity index (χ4n) is 2.46. The Bertz CT molecular complexity index is 1030. The van der Waals surface area contributed by atoms with Crippen molar-refractivity contribution in [1.82, 2.24) is 35.2 Å². The first kappa shape index (κ1) is 14.9. The van der Waals surface area contributed by atoms with Gasteiger partial charge in [-0.05, 0) is 41.6 Å².